The van der Waals surface area contributed by atoms with Gasteiger partial charge in [-0.25, -0.2) is 0 Å². The van der Waals surface area contributed by atoms with Gasteiger partial charge in [0.25, 0.3) is 6.29 Å². The second-order valence-corrected chi connectivity index (χ2v) is 4.04. The molecule has 2 N–H and O–H groups in total. The number of oxime groups is 1. The summed E-state index contributed by atoms with van der Waals surface area (Å²) in [5.41, 5.74) is 6.25. The third kappa shape index (κ3) is 3.11. The molecule has 0 spiro atoms. The van der Waals surface area contributed by atoms with Crippen LogP contribution < -0.4 is 5.73 Å². The standard InChI is InChI=1S/C11H9N4O2S/c12-11-13-10(15-18-11)9(6-16)14-17-7-8-4-2-1-3-5-8/h1-5H,7H2,(H2,12,13,15)/b14-9+. The van der Waals surface area contributed by atoms with E-state index < -0.39 is 0 Å². The summed E-state index contributed by atoms with van der Waals surface area (Å²) in [5.74, 6) is 0.126. The maximum absolute atomic E-state index is 10.7. The molecular formula is C11H9N4O2S. The van der Waals surface area contributed by atoms with E-state index in [4.69, 9.17) is 10.6 Å². The Morgan fingerprint density at radius 1 is 1.44 bits per heavy atom. The smallest absolute Gasteiger partial charge is 0.261 e. The van der Waals surface area contributed by atoms with Crippen molar-refractivity contribution in [2.45, 2.75) is 6.61 Å². The number of nitrogens with zero attached hydrogens (tertiary/aromatic N) is 3. The topological polar surface area (TPSA) is 90.5 Å². The summed E-state index contributed by atoms with van der Waals surface area (Å²) in [6, 6.07) is 9.45. The van der Waals surface area contributed by atoms with Crippen LogP contribution in [0.1, 0.15) is 11.4 Å². The Hall–Kier alpha value is -2.28. The van der Waals surface area contributed by atoms with Crippen LogP contribution in [0.4, 0.5) is 5.13 Å². The average molecular weight is 261 g/mol. The minimum absolute atomic E-state index is 0.0983. The van der Waals surface area contributed by atoms with Gasteiger partial charge in [-0.2, -0.15) is 9.36 Å². The second-order valence-electron chi connectivity index (χ2n) is 3.26. The number of rotatable bonds is 5. The van der Waals surface area contributed by atoms with E-state index in [1.54, 1.807) is 6.29 Å². The lowest BCUT2D eigenvalue weighted by molar-refractivity contribution is 0.131. The molecule has 0 amide bonds. The Bertz CT molecular complexity index is 553. The van der Waals surface area contributed by atoms with E-state index in [1.807, 2.05) is 30.3 Å². The first kappa shape index (κ1) is 12.2. The average Bonchev–Trinajstić information content (AvgIpc) is 2.82. The van der Waals surface area contributed by atoms with Gasteiger partial charge >= 0.3 is 0 Å². The van der Waals surface area contributed by atoms with Crippen molar-refractivity contribution in [1.29, 1.82) is 0 Å². The number of nitrogen functional groups attached to an aromatic ring is 1. The highest BCUT2D eigenvalue weighted by Crippen LogP contribution is 2.07. The first-order valence-corrected chi connectivity index (χ1v) is 5.78. The second kappa shape index (κ2) is 5.87. The Labute approximate surface area is 107 Å². The maximum Gasteiger partial charge on any atom is 0.261 e. The van der Waals surface area contributed by atoms with Crippen LogP contribution in [-0.2, 0) is 16.2 Å². The van der Waals surface area contributed by atoms with Gasteiger partial charge in [-0.1, -0.05) is 35.5 Å². The van der Waals surface area contributed by atoms with Gasteiger partial charge in [-0.05, 0) is 5.56 Å². The van der Waals surface area contributed by atoms with Gasteiger partial charge in [-0.15, -0.1) is 0 Å². The zero-order chi connectivity index (χ0) is 12.8. The molecule has 6 nitrogen and oxygen atoms in total. The van der Waals surface area contributed by atoms with Crippen molar-refractivity contribution in [1.82, 2.24) is 9.36 Å². The minimum Gasteiger partial charge on any atom is -0.390 e. The fourth-order valence-electron chi connectivity index (χ4n) is 1.18. The van der Waals surface area contributed by atoms with Gasteiger partial charge in [0.1, 0.15) is 6.61 Å². The summed E-state index contributed by atoms with van der Waals surface area (Å²) in [6.45, 7) is 0.256. The van der Waals surface area contributed by atoms with Gasteiger partial charge in [0.05, 0.1) is 0 Å². The van der Waals surface area contributed by atoms with E-state index in [2.05, 4.69) is 14.5 Å². The summed E-state index contributed by atoms with van der Waals surface area (Å²) in [6.07, 6.45) is 1.62. The lowest BCUT2D eigenvalue weighted by Crippen LogP contribution is -2.06. The molecule has 0 aliphatic carbocycles. The van der Waals surface area contributed by atoms with Gasteiger partial charge in [-0.3, -0.25) is 4.79 Å². The molecule has 1 radical (unpaired) electrons. The Morgan fingerprint density at radius 3 is 2.83 bits per heavy atom. The molecule has 0 saturated heterocycles. The molecule has 0 aliphatic heterocycles. The molecule has 0 bridgehead atoms. The molecule has 1 aromatic heterocycles. The van der Waals surface area contributed by atoms with Crippen LogP contribution in [0.3, 0.4) is 0 Å². The fourth-order valence-corrected chi connectivity index (χ4v) is 1.62. The van der Waals surface area contributed by atoms with Crippen LogP contribution in [0.5, 0.6) is 0 Å². The van der Waals surface area contributed by atoms with E-state index >= 15 is 0 Å². The molecule has 0 saturated carbocycles. The summed E-state index contributed by atoms with van der Waals surface area (Å²) in [5, 5.41) is 3.90. The van der Waals surface area contributed by atoms with E-state index in [1.165, 1.54) is 0 Å². The van der Waals surface area contributed by atoms with Crippen molar-refractivity contribution in [2.24, 2.45) is 5.16 Å². The van der Waals surface area contributed by atoms with Crippen molar-refractivity contribution in [3.63, 3.8) is 0 Å². The van der Waals surface area contributed by atoms with Gasteiger partial charge in [0.2, 0.25) is 5.82 Å². The molecule has 2 aromatic rings. The normalized spacial score (nSPS) is 11.2. The maximum atomic E-state index is 10.7. The molecule has 1 aromatic carbocycles. The number of carbonyl (C=O) groups excluding carboxylic acids is 1. The van der Waals surface area contributed by atoms with Crippen LogP contribution in [0.15, 0.2) is 35.5 Å². The Morgan fingerprint density at radius 2 is 2.22 bits per heavy atom. The summed E-state index contributed by atoms with van der Waals surface area (Å²) in [7, 11) is 0. The SMILES string of the molecule is Nc1nc(/C([C]=O)=N/OCc2ccccc2)ns1. The third-order valence-electron chi connectivity index (χ3n) is 1.98. The number of benzene rings is 1. The molecule has 2 rings (SSSR count). The first-order valence-electron chi connectivity index (χ1n) is 5.01. The van der Waals surface area contributed by atoms with Gasteiger partial charge in [0, 0.05) is 11.5 Å². The van der Waals surface area contributed by atoms with Gasteiger partial charge in [0.15, 0.2) is 10.8 Å². The van der Waals surface area contributed by atoms with Crippen molar-refractivity contribution < 1.29 is 9.63 Å². The number of aromatic nitrogens is 2. The highest BCUT2D eigenvalue weighted by Gasteiger charge is 2.10. The van der Waals surface area contributed by atoms with Crippen LogP contribution in [0.2, 0.25) is 0 Å². The molecule has 18 heavy (non-hydrogen) atoms. The zero-order valence-corrected chi connectivity index (χ0v) is 10.1. The Kier molecular flexibility index (Phi) is 3.98. The van der Waals surface area contributed by atoms with Crippen LogP contribution in [-0.4, -0.2) is 21.4 Å². The largest absolute Gasteiger partial charge is 0.390 e. The predicted molar refractivity (Wildman–Crippen MR) is 67.8 cm³/mol. The summed E-state index contributed by atoms with van der Waals surface area (Å²) < 4.78 is 3.84. The molecule has 1 heterocycles. The zero-order valence-electron chi connectivity index (χ0n) is 9.24. The number of hydrogen-bond donors (Lipinski definition) is 1. The van der Waals surface area contributed by atoms with E-state index in [0.29, 0.717) is 0 Å². The van der Waals surface area contributed by atoms with Crippen LogP contribution in [0, 0.1) is 0 Å². The molecule has 91 valence electrons. The number of hydrogen-bond acceptors (Lipinski definition) is 7. The van der Waals surface area contributed by atoms with E-state index in [9.17, 15) is 4.79 Å². The van der Waals surface area contributed by atoms with E-state index in [-0.39, 0.29) is 23.3 Å². The van der Waals surface area contributed by atoms with Crippen LogP contribution in [0.25, 0.3) is 0 Å². The molecule has 0 aliphatic rings. The van der Waals surface area contributed by atoms with Gasteiger partial charge < -0.3 is 10.6 Å². The van der Waals surface area contributed by atoms with Crippen LogP contribution >= 0.6 is 11.5 Å². The highest BCUT2D eigenvalue weighted by atomic mass is 32.1. The molecule has 7 heteroatoms. The number of nitrogens with two attached hydrogens (primary N) is 1. The predicted octanol–water partition coefficient (Wildman–Crippen LogP) is 1.15. The van der Waals surface area contributed by atoms with Crippen molar-refractivity contribution >= 4 is 28.7 Å². The minimum atomic E-state index is -0.0983. The molecule has 0 atom stereocenters. The lowest BCUT2D eigenvalue weighted by atomic mass is 10.2. The Balaban J connectivity index is 2.01. The lowest BCUT2D eigenvalue weighted by Gasteiger charge is -1.99. The first-order chi connectivity index (χ1) is 8.79. The monoisotopic (exact) mass is 261 g/mol. The molecular weight excluding hydrogens is 252 g/mol. The molecule has 0 unspecified atom stereocenters. The summed E-state index contributed by atoms with van der Waals surface area (Å²) >= 11 is 0.979. The third-order valence-corrected chi connectivity index (χ3v) is 2.52. The van der Waals surface area contributed by atoms with E-state index in [0.717, 1.165) is 17.1 Å². The quantitative estimate of drug-likeness (QED) is 0.644. The highest BCUT2D eigenvalue weighted by molar-refractivity contribution is 7.09. The van der Waals surface area contributed by atoms with Crippen molar-refractivity contribution in [2.75, 3.05) is 5.73 Å². The fraction of sp³-hybridized carbons (Fsp3) is 0.0909. The van der Waals surface area contributed by atoms with Crippen molar-refractivity contribution in [3.8, 4) is 0 Å². The molecule has 0 fully saturated rings. The van der Waals surface area contributed by atoms with Crippen molar-refractivity contribution in [3.05, 3.63) is 41.7 Å². The summed E-state index contributed by atoms with van der Waals surface area (Å²) in [4.78, 5) is 19.6. The number of anilines is 1.